The van der Waals surface area contributed by atoms with Crippen LogP contribution in [0.5, 0.6) is 5.75 Å². The largest absolute Gasteiger partial charge is 0.494 e. The molecule has 3 aromatic rings. The van der Waals surface area contributed by atoms with Crippen LogP contribution in [0, 0.1) is 0 Å². The molecule has 5 heteroatoms. The van der Waals surface area contributed by atoms with Crippen molar-refractivity contribution in [2.75, 3.05) is 18.5 Å². The number of hydrogen-bond acceptors (Lipinski definition) is 3. The lowest BCUT2D eigenvalue weighted by atomic mass is 10.1. The molecule has 2 N–H and O–H groups in total. The summed E-state index contributed by atoms with van der Waals surface area (Å²) in [7, 11) is 0. The maximum atomic E-state index is 12.0. The molecular weight excluding hydrogens is 328 g/mol. The van der Waals surface area contributed by atoms with E-state index < -0.39 is 0 Å². The Morgan fingerprint density at radius 2 is 1.92 bits per heavy atom. The number of carbonyl (C=O) groups excluding carboxylic acids is 1. The quantitative estimate of drug-likeness (QED) is 0.562. The molecule has 0 radical (unpaired) electrons. The first-order chi connectivity index (χ1) is 12.8. The molecule has 1 heterocycles. The topological polar surface area (TPSA) is 63.5 Å². The summed E-state index contributed by atoms with van der Waals surface area (Å²) in [6, 6.07) is 15.1. The number of unbranched alkanes of at least 4 members (excludes halogenated alkanes) is 1. The van der Waals surface area contributed by atoms with E-state index in [0.29, 0.717) is 19.6 Å². The van der Waals surface area contributed by atoms with Gasteiger partial charge in [0.25, 0.3) is 0 Å². The van der Waals surface area contributed by atoms with Crippen molar-refractivity contribution in [3.8, 4) is 5.75 Å². The van der Waals surface area contributed by atoms with Crippen molar-refractivity contribution in [3.05, 3.63) is 60.4 Å². The summed E-state index contributed by atoms with van der Waals surface area (Å²) in [6.45, 7) is 3.38. The zero-order valence-corrected chi connectivity index (χ0v) is 15.0. The zero-order valence-electron chi connectivity index (χ0n) is 15.0. The van der Waals surface area contributed by atoms with Gasteiger partial charge in [-0.15, -0.1) is 0 Å². The van der Waals surface area contributed by atoms with E-state index in [1.807, 2.05) is 48.5 Å². The number of para-hydroxylation sites is 1. The normalized spacial score (nSPS) is 10.7. The standard InChI is InChI=1S/C21H24N2O3/c1-2-3-14-25-18-10-8-17(9-11-18)23-21(24)22-13-12-16-15-26-20-7-5-4-6-19(16)20/h4-11,15H,2-3,12-14H2,1H3,(H2,22,23,24). The predicted octanol–water partition coefficient (Wildman–Crippen LogP) is 4.98. The SMILES string of the molecule is CCCCOc1ccc(NC(=O)NCCc2coc3ccccc23)cc1. The summed E-state index contributed by atoms with van der Waals surface area (Å²) in [5.41, 5.74) is 2.70. The highest BCUT2D eigenvalue weighted by molar-refractivity contribution is 5.89. The van der Waals surface area contributed by atoms with Gasteiger partial charge in [0, 0.05) is 17.6 Å². The fourth-order valence-electron chi connectivity index (χ4n) is 2.68. The molecule has 26 heavy (non-hydrogen) atoms. The Balaban J connectivity index is 1.44. The third kappa shape index (κ3) is 4.79. The average Bonchev–Trinajstić information content (AvgIpc) is 3.07. The molecule has 1 aromatic heterocycles. The third-order valence-electron chi connectivity index (χ3n) is 4.12. The molecule has 0 aliphatic rings. The first-order valence-corrected chi connectivity index (χ1v) is 8.99. The molecule has 0 bridgehead atoms. The van der Waals surface area contributed by atoms with E-state index in [1.54, 1.807) is 6.26 Å². The van der Waals surface area contributed by atoms with E-state index in [1.165, 1.54) is 0 Å². The van der Waals surface area contributed by atoms with Crippen molar-refractivity contribution in [1.82, 2.24) is 5.32 Å². The number of fused-ring (bicyclic) bond motifs is 1. The third-order valence-corrected chi connectivity index (χ3v) is 4.12. The van der Waals surface area contributed by atoms with Crippen LogP contribution < -0.4 is 15.4 Å². The minimum absolute atomic E-state index is 0.225. The van der Waals surface area contributed by atoms with E-state index in [4.69, 9.17) is 9.15 Å². The van der Waals surface area contributed by atoms with Gasteiger partial charge in [0.05, 0.1) is 12.9 Å². The molecule has 0 atom stereocenters. The summed E-state index contributed by atoms with van der Waals surface area (Å²) in [5, 5.41) is 6.78. The Kier molecular flexibility index (Phi) is 6.14. The Morgan fingerprint density at radius 3 is 2.73 bits per heavy atom. The lowest BCUT2D eigenvalue weighted by Gasteiger charge is -2.09. The van der Waals surface area contributed by atoms with Crippen molar-refractivity contribution < 1.29 is 13.9 Å². The molecule has 0 spiro atoms. The minimum Gasteiger partial charge on any atom is -0.494 e. The van der Waals surface area contributed by atoms with Crippen molar-refractivity contribution in [1.29, 1.82) is 0 Å². The van der Waals surface area contributed by atoms with Gasteiger partial charge < -0.3 is 19.8 Å². The van der Waals surface area contributed by atoms with E-state index in [-0.39, 0.29) is 6.03 Å². The van der Waals surface area contributed by atoms with E-state index in [0.717, 1.165) is 40.8 Å². The average molecular weight is 352 g/mol. The maximum Gasteiger partial charge on any atom is 0.319 e. The van der Waals surface area contributed by atoms with Gasteiger partial charge in [-0.05, 0) is 48.7 Å². The van der Waals surface area contributed by atoms with Gasteiger partial charge in [0.2, 0.25) is 0 Å². The number of rotatable bonds is 8. The number of benzene rings is 2. The van der Waals surface area contributed by atoms with Crippen LogP contribution in [-0.2, 0) is 6.42 Å². The Hall–Kier alpha value is -2.95. The molecule has 0 aliphatic carbocycles. The van der Waals surface area contributed by atoms with Crippen LogP contribution in [-0.4, -0.2) is 19.2 Å². The second-order valence-corrected chi connectivity index (χ2v) is 6.11. The van der Waals surface area contributed by atoms with Gasteiger partial charge in [-0.2, -0.15) is 0 Å². The summed E-state index contributed by atoms with van der Waals surface area (Å²) in [6.07, 6.45) is 4.61. The van der Waals surface area contributed by atoms with Crippen molar-refractivity contribution in [2.45, 2.75) is 26.2 Å². The number of urea groups is 1. The van der Waals surface area contributed by atoms with Crippen molar-refractivity contribution in [3.63, 3.8) is 0 Å². The van der Waals surface area contributed by atoms with Crippen LogP contribution in [0.3, 0.4) is 0 Å². The molecule has 136 valence electrons. The molecule has 0 saturated carbocycles. The summed E-state index contributed by atoms with van der Waals surface area (Å²) in [4.78, 5) is 12.0. The zero-order chi connectivity index (χ0) is 18.2. The van der Waals surface area contributed by atoms with Crippen LogP contribution >= 0.6 is 0 Å². The van der Waals surface area contributed by atoms with Crippen molar-refractivity contribution >= 4 is 22.7 Å². The number of anilines is 1. The maximum absolute atomic E-state index is 12.0. The molecule has 5 nitrogen and oxygen atoms in total. The highest BCUT2D eigenvalue weighted by atomic mass is 16.5. The summed E-state index contributed by atoms with van der Waals surface area (Å²) in [5.74, 6) is 0.816. The monoisotopic (exact) mass is 352 g/mol. The highest BCUT2D eigenvalue weighted by Gasteiger charge is 2.06. The molecule has 0 saturated heterocycles. The second kappa shape index (κ2) is 8.94. The summed E-state index contributed by atoms with van der Waals surface area (Å²) < 4.78 is 11.1. The first kappa shape index (κ1) is 17.9. The fourth-order valence-corrected chi connectivity index (χ4v) is 2.68. The first-order valence-electron chi connectivity index (χ1n) is 8.99. The second-order valence-electron chi connectivity index (χ2n) is 6.11. The van der Waals surface area contributed by atoms with Gasteiger partial charge in [0.15, 0.2) is 0 Å². The lowest BCUT2D eigenvalue weighted by Crippen LogP contribution is -2.30. The molecule has 0 unspecified atom stereocenters. The van der Waals surface area contributed by atoms with E-state index >= 15 is 0 Å². The van der Waals surface area contributed by atoms with Gasteiger partial charge in [-0.1, -0.05) is 31.5 Å². The molecule has 0 fully saturated rings. The lowest BCUT2D eigenvalue weighted by molar-refractivity contribution is 0.252. The highest BCUT2D eigenvalue weighted by Crippen LogP contribution is 2.20. The van der Waals surface area contributed by atoms with Crippen molar-refractivity contribution in [2.24, 2.45) is 0 Å². The molecule has 3 rings (SSSR count). The Labute approximate surface area is 153 Å². The summed E-state index contributed by atoms with van der Waals surface area (Å²) >= 11 is 0. The van der Waals surface area contributed by atoms with E-state index in [2.05, 4.69) is 17.6 Å². The molecule has 2 aromatic carbocycles. The van der Waals surface area contributed by atoms with Crippen LogP contribution in [0.2, 0.25) is 0 Å². The number of amides is 2. The minimum atomic E-state index is -0.225. The van der Waals surface area contributed by atoms with Gasteiger partial charge in [-0.3, -0.25) is 0 Å². The fraction of sp³-hybridized carbons (Fsp3) is 0.286. The molecule has 0 aliphatic heterocycles. The Morgan fingerprint density at radius 1 is 1.12 bits per heavy atom. The number of hydrogen-bond donors (Lipinski definition) is 2. The number of furan rings is 1. The van der Waals surface area contributed by atoms with E-state index in [9.17, 15) is 4.79 Å². The smallest absolute Gasteiger partial charge is 0.319 e. The Bertz CT molecular complexity index is 840. The number of nitrogens with one attached hydrogen (secondary N) is 2. The molecular formula is C21H24N2O3. The van der Waals surface area contributed by atoms with Crippen LogP contribution in [0.25, 0.3) is 11.0 Å². The van der Waals surface area contributed by atoms with Crippen LogP contribution in [0.4, 0.5) is 10.5 Å². The van der Waals surface area contributed by atoms with Gasteiger partial charge in [-0.25, -0.2) is 4.79 Å². The predicted molar refractivity (Wildman–Crippen MR) is 104 cm³/mol. The van der Waals surface area contributed by atoms with Gasteiger partial charge >= 0.3 is 6.03 Å². The van der Waals surface area contributed by atoms with Gasteiger partial charge in [0.1, 0.15) is 11.3 Å². The number of carbonyl (C=O) groups is 1. The number of ether oxygens (including phenoxy) is 1. The molecule has 2 amide bonds. The van der Waals surface area contributed by atoms with Crippen LogP contribution in [0.1, 0.15) is 25.3 Å². The van der Waals surface area contributed by atoms with Crippen LogP contribution in [0.15, 0.2) is 59.2 Å².